The van der Waals surface area contributed by atoms with Crippen LogP contribution >= 0.6 is 0 Å². The minimum atomic E-state index is 0. The van der Waals surface area contributed by atoms with Gasteiger partial charge in [-0.2, -0.15) is 48.5 Å². The number of hydrogen-bond acceptors (Lipinski definition) is 4. The predicted octanol–water partition coefficient (Wildman–Crippen LogP) is 18.1. The van der Waals surface area contributed by atoms with Crippen LogP contribution in [-0.4, -0.2) is 37.9 Å². The molecule has 8 nitrogen and oxygen atoms in total. The number of hydrogen-bond donors (Lipinski definition) is 0. The quantitative estimate of drug-likeness (QED) is 0.142. The van der Waals surface area contributed by atoms with Crippen molar-refractivity contribution in [3.63, 3.8) is 0 Å². The summed E-state index contributed by atoms with van der Waals surface area (Å²) in [6, 6.07) is 66.5. The Morgan fingerprint density at radius 3 is 1.02 bits per heavy atom. The summed E-state index contributed by atoms with van der Waals surface area (Å²) in [7, 11) is 0. The molecule has 14 aromatic rings. The molecular weight excluding hydrogens is 1370 g/mol. The van der Waals surface area contributed by atoms with Gasteiger partial charge in [0.25, 0.3) is 0 Å². The Hall–Kier alpha value is -7.50. The Kier molecular flexibility index (Phi) is 16.9. The van der Waals surface area contributed by atoms with Crippen molar-refractivity contribution >= 4 is 98.0 Å². The molecule has 0 saturated carbocycles. The van der Waals surface area contributed by atoms with E-state index in [1.807, 2.05) is 45.8 Å². The normalized spacial score (nSPS) is 12.0. The average Bonchev–Trinajstić information content (AvgIpc) is 2.15. The molecule has 0 radical (unpaired) electrons. The molecule has 0 saturated heterocycles. The first-order valence-electron chi connectivity index (χ1n) is 27.6. The summed E-state index contributed by atoms with van der Waals surface area (Å²) in [6.07, 6.45) is 13.9. The maximum absolute atomic E-state index is 4.76. The van der Waals surface area contributed by atoms with Crippen molar-refractivity contribution in [3.8, 4) is 0 Å². The molecule has 10 heteroatoms. The molecule has 0 fully saturated rings. The van der Waals surface area contributed by atoms with Crippen LogP contribution in [0.1, 0.15) is 94.5 Å². The van der Waals surface area contributed by atoms with Gasteiger partial charge < -0.3 is 27.9 Å². The smallest absolute Gasteiger partial charge is 0.449 e. The molecule has 0 atom stereocenters. The summed E-state index contributed by atoms with van der Waals surface area (Å²) in [4.78, 5) is 18.1. The molecule has 14 rings (SSSR count). The van der Waals surface area contributed by atoms with Gasteiger partial charge in [0.2, 0.25) is 0 Å². The molecule has 0 unspecified atom stereocenters. The van der Waals surface area contributed by atoms with Gasteiger partial charge in [0.15, 0.2) is 0 Å². The van der Waals surface area contributed by atoms with Gasteiger partial charge in [0, 0.05) is 68.7 Å². The van der Waals surface area contributed by atoms with E-state index < -0.39 is 0 Å². The number of rotatable bonds is 0. The zero-order chi connectivity index (χ0) is 56.1. The van der Waals surface area contributed by atoms with Gasteiger partial charge in [-0.1, -0.05) is 184 Å². The van der Waals surface area contributed by atoms with Crippen LogP contribution < -0.4 is 0 Å². The Bertz CT molecular complexity index is 4310. The molecule has 0 spiro atoms. The van der Waals surface area contributed by atoms with Crippen molar-refractivity contribution < 1.29 is 42.1 Å². The summed E-state index contributed by atoms with van der Waals surface area (Å²) in [5.74, 6) is 0. The van der Waals surface area contributed by atoms with Crippen LogP contribution in [0.2, 0.25) is 0 Å². The van der Waals surface area contributed by atoms with Crippen molar-refractivity contribution in [1.82, 2.24) is 37.9 Å². The van der Waals surface area contributed by atoms with Crippen LogP contribution in [0.4, 0.5) is 0 Å². The van der Waals surface area contributed by atoms with E-state index in [9.17, 15) is 0 Å². The number of benzene rings is 6. The Morgan fingerprint density at radius 1 is 0.341 bits per heavy atom. The van der Waals surface area contributed by atoms with E-state index in [-0.39, 0.29) is 64.0 Å². The third-order valence-electron chi connectivity index (χ3n) is 14.7. The van der Waals surface area contributed by atoms with Gasteiger partial charge in [-0.3, -0.25) is 0 Å². The Labute approximate surface area is 510 Å². The van der Waals surface area contributed by atoms with E-state index in [0.717, 1.165) is 44.5 Å². The summed E-state index contributed by atoms with van der Waals surface area (Å²) in [5.41, 5.74) is 8.97. The number of imidazole rings is 2. The second-order valence-electron chi connectivity index (χ2n) is 24.6. The fourth-order valence-corrected chi connectivity index (χ4v) is 10.3. The van der Waals surface area contributed by atoms with Crippen LogP contribution in [0.25, 0.3) is 98.0 Å². The first-order chi connectivity index (χ1) is 38.3. The molecular formula is C72H68N8Pt2. The maximum Gasteiger partial charge on any atom is 2.00 e. The third-order valence-corrected chi connectivity index (χ3v) is 14.7. The minimum Gasteiger partial charge on any atom is -0.449 e. The van der Waals surface area contributed by atoms with E-state index in [1.165, 1.54) is 64.9 Å². The van der Waals surface area contributed by atoms with Crippen molar-refractivity contribution in [2.45, 2.75) is 105 Å². The van der Waals surface area contributed by atoms with E-state index in [2.05, 4.69) is 285 Å². The van der Waals surface area contributed by atoms with Gasteiger partial charge in [-0.05, 0) is 98.1 Å². The average molecular weight is 1440 g/mol. The van der Waals surface area contributed by atoms with Crippen LogP contribution in [0.15, 0.2) is 195 Å². The first kappa shape index (κ1) is 59.1. The second kappa shape index (κ2) is 23.4. The fourth-order valence-electron chi connectivity index (χ4n) is 10.3. The summed E-state index contributed by atoms with van der Waals surface area (Å²) >= 11 is 0. The van der Waals surface area contributed by atoms with Gasteiger partial charge in [0.05, 0.1) is 0 Å². The number of pyridine rings is 2. The molecule has 416 valence electrons. The van der Waals surface area contributed by atoms with E-state index in [0.29, 0.717) is 0 Å². The third kappa shape index (κ3) is 11.6. The Morgan fingerprint density at radius 2 is 0.671 bits per heavy atom. The summed E-state index contributed by atoms with van der Waals surface area (Å²) < 4.78 is 8.60. The largest absolute Gasteiger partial charge is 2.00 e. The molecule has 8 heterocycles. The molecule has 0 aliphatic rings. The number of nitrogens with zero attached hydrogens (tertiary/aromatic N) is 8. The van der Waals surface area contributed by atoms with Crippen molar-refractivity contribution in [3.05, 3.63) is 231 Å². The van der Waals surface area contributed by atoms with E-state index in [4.69, 9.17) is 9.97 Å². The van der Waals surface area contributed by atoms with E-state index in [1.54, 1.807) is 0 Å². The van der Waals surface area contributed by atoms with Crippen molar-refractivity contribution in [1.29, 1.82) is 0 Å². The number of para-hydroxylation sites is 4. The van der Waals surface area contributed by atoms with Crippen molar-refractivity contribution in [2.75, 3.05) is 0 Å². The summed E-state index contributed by atoms with van der Waals surface area (Å²) in [5, 5.41) is 14.4. The molecule has 0 aliphatic heterocycles. The Balaban J connectivity index is 0.000000139. The molecule has 6 aromatic carbocycles. The molecule has 0 bridgehead atoms. The minimum absolute atomic E-state index is 0. The zero-order valence-corrected chi connectivity index (χ0v) is 53.2. The van der Waals surface area contributed by atoms with Crippen molar-refractivity contribution in [2.24, 2.45) is 0 Å². The SMILES string of the molecule is CC(C)(C)c1cn(C(C)(C)C)[c-]n1.CC(C)(C)c1cn(C(C)(C)C)[c-]n1.[Pt+2].[Pt+2].[c-]1cccc2c3cccc4c5ccccc5ccc5cccnc5n(c12)c43.[c-]1cccc2c3cccc4c5ccccc5ccc5cccnc5n(c12)c43. The van der Waals surface area contributed by atoms with Crippen LogP contribution in [0.5, 0.6) is 0 Å². The zero-order valence-electron chi connectivity index (χ0n) is 48.7. The van der Waals surface area contributed by atoms with Gasteiger partial charge >= 0.3 is 42.1 Å². The van der Waals surface area contributed by atoms with Crippen LogP contribution in [0, 0.1) is 24.8 Å². The summed E-state index contributed by atoms with van der Waals surface area (Å²) in [6.45, 7) is 25.9. The predicted molar refractivity (Wildman–Crippen MR) is 335 cm³/mol. The molecule has 0 amide bonds. The van der Waals surface area contributed by atoms with Gasteiger partial charge in [0.1, 0.15) is 11.3 Å². The second-order valence-corrected chi connectivity index (χ2v) is 24.6. The fraction of sp³-hybridized carbons (Fsp3) is 0.222. The number of fused-ring (bicyclic) bond motifs is 14. The van der Waals surface area contributed by atoms with Crippen LogP contribution in [0.3, 0.4) is 0 Å². The van der Waals surface area contributed by atoms with Crippen LogP contribution in [-0.2, 0) is 64.0 Å². The monoisotopic (exact) mass is 1430 g/mol. The molecule has 0 N–H and O–H groups in total. The van der Waals surface area contributed by atoms with Gasteiger partial charge in [-0.15, -0.1) is 23.2 Å². The topological polar surface area (TPSA) is 70.2 Å². The van der Waals surface area contributed by atoms with Gasteiger partial charge in [-0.25, -0.2) is 9.97 Å². The molecule has 0 aliphatic carbocycles. The standard InChI is InChI=1S/2C25H15N2.2C11H19N2.2Pt/c2*1-2-9-19-17(7-1)14-15-18-8-6-16-26-25(18)27-23-13-4-3-10-20(23)22-12-5-11-21(19)24(22)27;2*1-10(2,3)9-7-13(8-12-9)11(4,5)6;;/h2*1-12,14-16H;2*7H,1-6H3;;/q4*-1;2*+2. The number of aromatic nitrogens is 8. The molecule has 8 aromatic heterocycles. The molecule has 82 heavy (non-hydrogen) atoms. The maximum atomic E-state index is 4.76. The van der Waals surface area contributed by atoms with E-state index >= 15 is 0 Å². The first-order valence-corrected chi connectivity index (χ1v) is 27.6.